The van der Waals surface area contributed by atoms with Crippen molar-refractivity contribution in [3.05, 3.63) is 23.8 Å². The number of phenolic OH excluding ortho intramolecular Hbond substituents is 2. The van der Waals surface area contributed by atoms with Gasteiger partial charge in [-0.3, -0.25) is 0 Å². The van der Waals surface area contributed by atoms with Gasteiger partial charge in [0.25, 0.3) is 0 Å². The third-order valence-corrected chi connectivity index (χ3v) is 2.48. The Labute approximate surface area is 102 Å². The lowest BCUT2D eigenvalue weighted by Gasteiger charge is -2.16. The van der Waals surface area contributed by atoms with Crippen molar-refractivity contribution in [2.75, 3.05) is 13.2 Å². The monoisotopic (exact) mass is 239 g/mol. The van der Waals surface area contributed by atoms with Crippen LogP contribution in [0, 0.1) is 0 Å². The normalized spacial score (nSPS) is 12.9. The maximum absolute atomic E-state index is 9.68. The fourth-order valence-electron chi connectivity index (χ4n) is 1.58. The Morgan fingerprint density at radius 1 is 1.24 bits per heavy atom. The van der Waals surface area contributed by atoms with E-state index in [1.54, 1.807) is 12.1 Å². The number of nitrogens with one attached hydrogen (secondary N) is 1. The van der Waals surface area contributed by atoms with Gasteiger partial charge in [0.05, 0.1) is 12.7 Å². The molecule has 4 heteroatoms. The lowest BCUT2D eigenvalue weighted by Crippen LogP contribution is -2.24. The van der Waals surface area contributed by atoms with Crippen LogP contribution in [-0.2, 0) is 4.74 Å². The van der Waals surface area contributed by atoms with Crippen LogP contribution in [0.1, 0.15) is 32.4 Å². The summed E-state index contributed by atoms with van der Waals surface area (Å²) < 4.78 is 5.41. The maximum atomic E-state index is 9.68. The van der Waals surface area contributed by atoms with Crippen molar-refractivity contribution in [2.45, 2.75) is 32.9 Å². The van der Waals surface area contributed by atoms with Crippen LogP contribution in [-0.4, -0.2) is 29.5 Å². The van der Waals surface area contributed by atoms with Gasteiger partial charge in [0.15, 0.2) is 0 Å². The summed E-state index contributed by atoms with van der Waals surface area (Å²) in [6.07, 6.45) is 0.231. The van der Waals surface area contributed by atoms with Gasteiger partial charge in [0.1, 0.15) is 11.5 Å². The first-order chi connectivity index (χ1) is 8.00. The minimum absolute atomic E-state index is 0.0198. The molecule has 1 atom stereocenters. The second-order valence-electron chi connectivity index (χ2n) is 4.34. The van der Waals surface area contributed by atoms with Crippen LogP contribution in [0.5, 0.6) is 11.5 Å². The molecule has 0 fully saturated rings. The zero-order valence-electron chi connectivity index (χ0n) is 10.6. The summed E-state index contributed by atoms with van der Waals surface area (Å²) in [4.78, 5) is 0. The van der Waals surface area contributed by atoms with E-state index in [0.717, 1.165) is 12.1 Å². The van der Waals surface area contributed by atoms with E-state index in [1.807, 2.05) is 20.8 Å². The van der Waals surface area contributed by atoms with Gasteiger partial charge in [0, 0.05) is 24.2 Å². The zero-order chi connectivity index (χ0) is 12.8. The molecule has 17 heavy (non-hydrogen) atoms. The fraction of sp³-hybridized carbons (Fsp3) is 0.538. The third kappa shape index (κ3) is 4.63. The summed E-state index contributed by atoms with van der Waals surface area (Å²) in [5.41, 5.74) is 0.771. The summed E-state index contributed by atoms with van der Waals surface area (Å²) in [7, 11) is 0. The largest absolute Gasteiger partial charge is 0.508 e. The van der Waals surface area contributed by atoms with Crippen molar-refractivity contribution in [3.8, 4) is 11.5 Å². The van der Waals surface area contributed by atoms with Crippen molar-refractivity contribution in [1.82, 2.24) is 5.32 Å². The molecule has 1 unspecified atom stereocenters. The van der Waals surface area contributed by atoms with Gasteiger partial charge < -0.3 is 20.3 Å². The molecule has 0 bridgehead atoms. The lowest BCUT2D eigenvalue weighted by molar-refractivity contribution is 0.0796. The highest BCUT2D eigenvalue weighted by atomic mass is 16.5. The standard InChI is InChI=1S/C13H21NO3/c1-9(2)17-7-6-14-10(3)12-5-4-11(15)8-13(12)16/h4-5,8-10,14-16H,6-7H2,1-3H3. The van der Waals surface area contributed by atoms with Gasteiger partial charge in [-0.2, -0.15) is 0 Å². The molecule has 1 aromatic carbocycles. The topological polar surface area (TPSA) is 61.7 Å². The molecule has 0 spiro atoms. The first-order valence-electron chi connectivity index (χ1n) is 5.87. The quantitative estimate of drug-likeness (QED) is 0.666. The molecule has 0 aromatic heterocycles. The number of phenols is 2. The van der Waals surface area contributed by atoms with Crippen LogP contribution < -0.4 is 5.32 Å². The highest BCUT2D eigenvalue weighted by Crippen LogP contribution is 2.27. The Balaban J connectivity index is 2.44. The minimum Gasteiger partial charge on any atom is -0.508 e. The van der Waals surface area contributed by atoms with Crippen LogP contribution >= 0.6 is 0 Å². The number of benzene rings is 1. The number of hydrogen-bond donors (Lipinski definition) is 3. The van der Waals surface area contributed by atoms with Crippen LogP contribution in [0.25, 0.3) is 0 Å². The smallest absolute Gasteiger partial charge is 0.124 e. The Morgan fingerprint density at radius 3 is 2.53 bits per heavy atom. The molecule has 1 aromatic rings. The average molecular weight is 239 g/mol. The molecule has 96 valence electrons. The van der Waals surface area contributed by atoms with Crippen molar-refractivity contribution in [3.63, 3.8) is 0 Å². The minimum atomic E-state index is 0.0198. The van der Waals surface area contributed by atoms with Crippen LogP contribution in [0.3, 0.4) is 0 Å². The summed E-state index contributed by atoms with van der Waals surface area (Å²) in [5.74, 6) is 0.177. The van der Waals surface area contributed by atoms with E-state index in [1.165, 1.54) is 6.07 Å². The summed E-state index contributed by atoms with van der Waals surface area (Å²) in [6.45, 7) is 7.31. The van der Waals surface area contributed by atoms with Gasteiger partial charge in [-0.1, -0.05) is 6.07 Å². The Kier molecular flexibility index (Phi) is 5.25. The van der Waals surface area contributed by atoms with Crippen LogP contribution in [0.15, 0.2) is 18.2 Å². The molecule has 4 nitrogen and oxygen atoms in total. The van der Waals surface area contributed by atoms with E-state index in [4.69, 9.17) is 4.74 Å². The molecule has 0 aliphatic heterocycles. The Morgan fingerprint density at radius 2 is 1.94 bits per heavy atom. The molecule has 0 saturated heterocycles. The number of aromatic hydroxyl groups is 2. The van der Waals surface area contributed by atoms with Crippen LogP contribution in [0.4, 0.5) is 0 Å². The predicted molar refractivity (Wildman–Crippen MR) is 67.3 cm³/mol. The number of hydrogen-bond acceptors (Lipinski definition) is 4. The van der Waals surface area contributed by atoms with E-state index in [9.17, 15) is 10.2 Å². The molecule has 0 radical (unpaired) electrons. The highest BCUT2D eigenvalue weighted by Gasteiger charge is 2.10. The predicted octanol–water partition coefficient (Wildman–Crippen LogP) is 2.17. The molecule has 3 N–H and O–H groups in total. The highest BCUT2D eigenvalue weighted by molar-refractivity contribution is 5.40. The molecule has 0 amide bonds. The van der Waals surface area contributed by atoms with Gasteiger partial charge >= 0.3 is 0 Å². The molecule has 1 rings (SSSR count). The van der Waals surface area contributed by atoms with Crippen molar-refractivity contribution >= 4 is 0 Å². The van der Waals surface area contributed by atoms with Gasteiger partial charge in [-0.15, -0.1) is 0 Å². The van der Waals surface area contributed by atoms with Crippen LogP contribution in [0.2, 0.25) is 0 Å². The molecule has 0 aliphatic rings. The van der Waals surface area contributed by atoms with E-state index in [-0.39, 0.29) is 23.6 Å². The molecule has 0 aliphatic carbocycles. The first-order valence-corrected chi connectivity index (χ1v) is 5.87. The third-order valence-electron chi connectivity index (χ3n) is 2.48. The molecular formula is C13H21NO3. The number of ether oxygens (including phenoxy) is 1. The second kappa shape index (κ2) is 6.47. The fourth-order valence-corrected chi connectivity index (χ4v) is 1.58. The van der Waals surface area contributed by atoms with Crippen molar-refractivity contribution < 1.29 is 14.9 Å². The zero-order valence-corrected chi connectivity index (χ0v) is 10.6. The SMILES string of the molecule is CC(C)OCCNC(C)c1ccc(O)cc1O. The first kappa shape index (κ1) is 13.8. The summed E-state index contributed by atoms with van der Waals surface area (Å²) in [5, 5.41) is 22.1. The molecule has 0 saturated carbocycles. The number of rotatable bonds is 6. The van der Waals surface area contributed by atoms with Gasteiger partial charge in [-0.05, 0) is 26.8 Å². The molecule has 0 heterocycles. The van der Waals surface area contributed by atoms with Gasteiger partial charge in [0.2, 0.25) is 0 Å². The lowest BCUT2D eigenvalue weighted by atomic mass is 10.1. The van der Waals surface area contributed by atoms with Gasteiger partial charge in [-0.25, -0.2) is 0 Å². The van der Waals surface area contributed by atoms with E-state index in [0.29, 0.717) is 6.61 Å². The Hall–Kier alpha value is -1.26. The van der Waals surface area contributed by atoms with E-state index in [2.05, 4.69) is 5.32 Å². The Bertz CT molecular complexity index is 353. The van der Waals surface area contributed by atoms with E-state index >= 15 is 0 Å². The summed E-state index contributed by atoms with van der Waals surface area (Å²) in [6, 6.07) is 4.65. The second-order valence-corrected chi connectivity index (χ2v) is 4.34. The van der Waals surface area contributed by atoms with Crippen molar-refractivity contribution in [2.24, 2.45) is 0 Å². The molecular weight excluding hydrogens is 218 g/mol. The van der Waals surface area contributed by atoms with Crippen molar-refractivity contribution in [1.29, 1.82) is 0 Å². The van der Waals surface area contributed by atoms with E-state index < -0.39 is 0 Å². The average Bonchev–Trinajstić information content (AvgIpc) is 2.23. The maximum Gasteiger partial charge on any atom is 0.124 e. The summed E-state index contributed by atoms with van der Waals surface area (Å²) >= 11 is 0.